The summed E-state index contributed by atoms with van der Waals surface area (Å²) in [5.41, 5.74) is 3.45. The molecule has 0 radical (unpaired) electrons. The molecule has 0 aromatic carbocycles. The van der Waals surface area contributed by atoms with Crippen LogP contribution in [0.4, 0.5) is 5.82 Å². The van der Waals surface area contributed by atoms with Gasteiger partial charge in [0.15, 0.2) is 0 Å². The van der Waals surface area contributed by atoms with Crippen molar-refractivity contribution < 1.29 is 0 Å². The van der Waals surface area contributed by atoms with Gasteiger partial charge in [-0.2, -0.15) is 0 Å². The lowest BCUT2D eigenvalue weighted by Crippen LogP contribution is -2.30. The summed E-state index contributed by atoms with van der Waals surface area (Å²) in [6, 6.07) is 2.59. The molecule has 0 aliphatic heterocycles. The Morgan fingerprint density at radius 1 is 1.41 bits per heavy atom. The summed E-state index contributed by atoms with van der Waals surface area (Å²) in [6.45, 7) is 8.59. The van der Waals surface area contributed by atoms with Crippen LogP contribution in [0.3, 0.4) is 0 Å². The minimum Gasteiger partial charge on any atom is -0.357 e. The van der Waals surface area contributed by atoms with E-state index < -0.39 is 0 Å². The average Bonchev–Trinajstić information content (AvgIpc) is 2.27. The maximum atomic E-state index is 6.05. The smallest absolute Gasteiger partial charge is 0.133 e. The molecular formula is C14H23ClN2. The number of aryl methyl sites for hydroxylation is 2. The van der Waals surface area contributed by atoms with Gasteiger partial charge in [0.1, 0.15) is 5.82 Å². The van der Waals surface area contributed by atoms with Crippen LogP contribution < -0.4 is 4.90 Å². The molecule has 0 aliphatic carbocycles. The number of anilines is 1. The van der Waals surface area contributed by atoms with Crippen molar-refractivity contribution in [1.29, 1.82) is 0 Å². The van der Waals surface area contributed by atoms with Gasteiger partial charge in [0.2, 0.25) is 0 Å². The van der Waals surface area contributed by atoms with Crippen molar-refractivity contribution in [3.63, 3.8) is 0 Å². The molecule has 0 N–H and O–H groups in total. The fourth-order valence-electron chi connectivity index (χ4n) is 2.12. The van der Waals surface area contributed by atoms with Crippen LogP contribution in [0, 0.1) is 13.8 Å². The SMILES string of the molecule is CCCC(C)N(C)c1nc(C)cc(C)c1CCl. The molecule has 0 bridgehead atoms. The molecule has 1 aromatic rings. The van der Waals surface area contributed by atoms with E-state index in [1.54, 1.807) is 0 Å². The van der Waals surface area contributed by atoms with Gasteiger partial charge in [-0.1, -0.05) is 13.3 Å². The van der Waals surface area contributed by atoms with Crippen LogP contribution >= 0.6 is 11.6 Å². The van der Waals surface area contributed by atoms with Crippen molar-refractivity contribution in [2.45, 2.75) is 52.5 Å². The zero-order chi connectivity index (χ0) is 13.0. The second-order valence-electron chi connectivity index (χ2n) is 4.76. The monoisotopic (exact) mass is 254 g/mol. The Balaban J connectivity index is 3.11. The largest absolute Gasteiger partial charge is 0.357 e. The lowest BCUT2D eigenvalue weighted by molar-refractivity contribution is 0.609. The first kappa shape index (κ1) is 14.3. The Labute approximate surface area is 110 Å². The van der Waals surface area contributed by atoms with E-state index in [-0.39, 0.29) is 0 Å². The Bertz CT molecular complexity index is 377. The molecular weight excluding hydrogens is 232 g/mol. The molecule has 17 heavy (non-hydrogen) atoms. The van der Waals surface area contributed by atoms with Crippen LogP contribution in [0.5, 0.6) is 0 Å². The first-order valence-corrected chi connectivity index (χ1v) is 6.80. The fraction of sp³-hybridized carbons (Fsp3) is 0.643. The summed E-state index contributed by atoms with van der Waals surface area (Å²) in [4.78, 5) is 6.90. The molecule has 96 valence electrons. The van der Waals surface area contributed by atoms with E-state index >= 15 is 0 Å². The van der Waals surface area contributed by atoms with Gasteiger partial charge in [0, 0.05) is 24.3 Å². The van der Waals surface area contributed by atoms with Gasteiger partial charge in [-0.05, 0) is 38.8 Å². The topological polar surface area (TPSA) is 16.1 Å². The quantitative estimate of drug-likeness (QED) is 0.737. The number of hydrogen-bond acceptors (Lipinski definition) is 2. The van der Waals surface area contributed by atoms with Crippen LogP contribution in [-0.2, 0) is 5.88 Å². The normalized spacial score (nSPS) is 12.6. The molecule has 0 fully saturated rings. The second kappa shape index (κ2) is 6.25. The van der Waals surface area contributed by atoms with Crippen molar-refractivity contribution in [2.24, 2.45) is 0 Å². The van der Waals surface area contributed by atoms with E-state index in [1.807, 2.05) is 6.92 Å². The summed E-state index contributed by atoms with van der Waals surface area (Å²) >= 11 is 6.05. The molecule has 1 atom stereocenters. The van der Waals surface area contributed by atoms with Crippen molar-refractivity contribution in [3.8, 4) is 0 Å². The van der Waals surface area contributed by atoms with E-state index in [0.29, 0.717) is 11.9 Å². The lowest BCUT2D eigenvalue weighted by Gasteiger charge is -2.28. The maximum absolute atomic E-state index is 6.05. The standard InChI is InChI=1S/C14H23ClN2/c1-6-7-12(4)17(5)14-13(9-15)10(2)8-11(3)16-14/h8,12H,6-7,9H2,1-5H3. The number of pyridine rings is 1. The van der Waals surface area contributed by atoms with Gasteiger partial charge in [0.05, 0.1) is 5.88 Å². The number of hydrogen-bond donors (Lipinski definition) is 0. The summed E-state index contributed by atoms with van der Waals surface area (Å²) in [6.07, 6.45) is 2.36. The van der Waals surface area contributed by atoms with Gasteiger partial charge < -0.3 is 4.90 Å². The highest BCUT2D eigenvalue weighted by Gasteiger charge is 2.16. The molecule has 0 spiro atoms. The number of aromatic nitrogens is 1. The van der Waals surface area contributed by atoms with Crippen LogP contribution in [-0.4, -0.2) is 18.1 Å². The first-order valence-electron chi connectivity index (χ1n) is 6.27. The minimum atomic E-state index is 0.496. The predicted molar refractivity (Wildman–Crippen MR) is 76.0 cm³/mol. The highest BCUT2D eigenvalue weighted by Crippen LogP contribution is 2.25. The third-order valence-electron chi connectivity index (χ3n) is 3.29. The van der Waals surface area contributed by atoms with E-state index in [2.05, 4.69) is 43.8 Å². The van der Waals surface area contributed by atoms with E-state index in [4.69, 9.17) is 11.6 Å². The van der Waals surface area contributed by atoms with Gasteiger partial charge in [-0.25, -0.2) is 4.98 Å². The van der Waals surface area contributed by atoms with Crippen molar-refractivity contribution in [1.82, 2.24) is 4.98 Å². The third-order valence-corrected chi connectivity index (χ3v) is 3.56. The average molecular weight is 255 g/mol. The van der Waals surface area contributed by atoms with Crippen LogP contribution in [0.1, 0.15) is 43.5 Å². The molecule has 0 aliphatic rings. The maximum Gasteiger partial charge on any atom is 0.133 e. The zero-order valence-electron chi connectivity index (χ0n) is 11.5. The molecule has 0 saturated carbocycles. The Morgan fingerprint density at radius 3 is 2.59 bits per heavy atom. The summed E-state index contributed by atoms with van der Waals surface area (Å²) in [5, 5.41) is 0. The van der Waals surface area contributed by atoms with Crippen LogP contribution in [0.25, 0.3) is 0 Å². The third kappa shape index (κ3) is 3.35. The molecule has 1 heterocycles. The van der Waals surface area contributed by atoms with E-state index in [1.165, 1.54) is 18.4 Å². The van der Waals surface area contributed by atoms with Gasteiger partial charge >= 0.3 is 0 Å². The number of rotatable bonds is 5. The van der Waals surface area contributed by atoms with E-state index in [9.17, 15) is 0 Å². The van der Waals surface area contributed by atoms with Gasteiger partial charge in [-0.15, -0.1) is 11.6 Å². The zero-order valence-corrected chi connectivity index (χ0v) is 12.3. The Kier molecular flexibility index (Phi) is 5.26. The highest BCUT2D eigenvalue weighted by atomic mass is 35.5. The van der Waals surface area contributed by atoms with Gasteiger partial charge in [-0.3, -0.25) is 0 Å². The summed E-state index contributed by atoms with van der Waals surface area (Å²) in [7, 11) is 2.11. The highest BCUT2D eigenvalue weighted by molar-refractivity contribution is 6.17. The molecule has 1 unspecified atom stereocenters. The van der Waals surface area contributed by atoms with Crippen molar-refractivity contribution in [2.75, 3.05) is 11.9 Å². The van der Waals surface area contributed by atoms with Crippen LogP contribution in [0.15, 0.2) is 6.07 Å². The number of alkyl halides is 1. The second-order valence-corrected chi connectivity index (χ2v) is 5.03. The fourth-order valence-corrected chi connectivity index (χ4v) is 2.45. The van der Waals surface area contributed by atoms with Crippen molar-refractivity contribution in [3.05, 3.63) is 22.9 Å². The van der Waals surface area contributed by atoms with E-state index in [0.717, 1.165) is 17.1 Å². The molecule has 2 nitrogen and oxygen atoms in total. The van der Waals surface area contributed by atoms with Crippen LogP contribution in [0.2, 0.25) is 0 Å². The molecule has 0 saturated heterocycles. The molecule has 0 amide bonds. The lowest BCUT2D eigenvalue weighted by atomic mass is 10.1. The van der Waals surface area contributed by atoms with Crippen molar-refractivity contribution >= 4 is 17.4 Å². The number of nitrogens with zero attached hydrogens (tertiary/aromatic N) is 2. The Hall–Kier alpha value is -0.760. The molecule has 1 aromatic heterocycles. The predicted octanol–water partition coefficient (Wildman–Crippen LogP) is 4.06. The Morgan fingerprint density at radius 2 is 2.06 bits per heavy atom. The van der Waals surface area contributed by atoms with Gasteiger partial charge in [0.25, 0.3) is 0 Å². The molecule has 1 rings (SSSR count). The first-order chi connectivity index (χ1) is 8.01. The summed E-state index contributed by atoms with van der Waals surface area (Å²) < 4.78 is 0. The summed E-state index contributed by atoms with van der Waals surface area (Å²) in [5.74, 6) is 1.57. The number of halogens is 1. The molecule has 3 heteroatoms. The minimum absolute atomic E-state index is 0.496.